The van der Waals surface area contributed by atoms with Gasteiger partial charge in [0.25, 0.3) is 0 Å². The fourth-order valence-electron chi connectivity index (χ4n) is 1.35. The minimum absolute atomic E-state index is 0.0101. The fraction of sp³-hybridized carbons (Fsp3) is 0.0909. The summed E-state index contributed by atoms with van der Waals surface area (Å²) in [7, 11) is 0. The molecule has 0 amide bonds. The predicted molar refractivity (Wildman–Crippen MR) is 61.5 cm³/mol. The average molecular weight is 252 g/mol. The Balaban J connectivity index is 2.17. The number of aromatic amines is 1. The maximum absolute atomic E-state index is 12.9. The first-order chi connectivity index (χ1) is 8.16. The number of rotatable bonds is 4. The van der Waals surface area contributed by atoms with Crippen LogP contribution in [0.15, 0.2) is 35.7 Å². The van der Waals surface area contributed by atoms with Crippen LogP contribution in [-0.4, -0.2) is 21.0 Å². The van der Waals surface area contributed by atoms with E-state index >= 15 is 0 Å². The van der Waals surface area contributed by atoms with Gasteiger partial charge in [-0.3, -0.25) is 0 Å². The summed E-state index contributed by atoms with van der Waals surface area (Å²) in [5.74, 6) is -1.25. The van der Waals surface area contributed by atoms with Crippen LogP contribution < -0.4 is 0 Å². The average Bonchev–Trinajstić information content (AvgIpc) is 2.80. The molecule has 0 aliphatic rings. The lowest BCUT2D eigenvalue weighted by Gasteiger charge is -2.04. The highest BCUT2D eigenvalue weighted by Gasteiger charge is 2.11. The molecule has 6 heteroatoms. The van der Waals surface area contributed by atoms with Crippen LogP contribution in [0.25, 0.3) is 0 Å². The summed E-state index contributed by atoms with van der Waals surface area (Å²) < 4.78 is 12.9. The molecule has 17 heavy (non-hydrogen) atoms. The second kappa shape index (κ2) is 5.01. The van der Waals surface area contributed by atoms with E-state index in [0.717, 1.165) is 6.07 Å². The second-order valence-corrected chi connectivity index (χ2v) is 4.25. The molecule has 0 atom stereocenters. The van der Waals surface area contributed by atoms with Crippen LogP contribution in [0.5, 0.6) is 0 Å². The van der Waals surface area contributed by atoms with Gasteiger partial charge in [0.2, 0.25) is 0 Å². The Morgan fingerprint density at radius 2 is 2.35 bits per heavy atom. The Bertz CT molecular complexity index is 528. The summed E-state index contributed by atoms with van der Waals surface area (Å²) in [5.41, 5.74) is 0.560. The highest BCUT2D eigenvalue weighted by Crippen LogP contribution is 2.22. The minimum atomic E-state index is -1.13. The van der Waals surface area contributed by atoms with Gasteiger partial charge in [-0.25, -0.2) is 14.2 Å². The molecular formula is C11H9FN2O2S. The number of H-pyrrole nitrogens is 1. The van der Waals surface area contributed by atoms with Crippen molar-refractivity contribution in [1.82, 2.24) is 9.97 Å². The molecule has 88 valence electrons. The Morgan fingerprint density at radius 3 is 3.00 bits per heavy atom. The van der Waals surface area contributed by atoms with E-state index < -0.39 is 11.8 Å². The number of hydrogen-bond donors (Lipinski definition) is 2. The first kappa shape index (κ1) is 11.7. The Kier molecular flexibility index (Phi) is 3.43. The summed E-state index contributed by atoms with van der Waals surface area (Å²) >= 11 is 1.37. The summed E-state index contributed by atoms with van der Waals surface area (Å²) in [6.07, 6.45) is 3.30. The van der Waals surface area contributed by atoms with Crippen LogP contribution in [0.3, 0.4) is 0 Å². The fourth-order valence-corrected chi connectivity index (χ4v) is 2.18. The van der Waals surface area contributed by atoms with Crippen molar-refractivity contribution < 1.29 is 14.3 Å². The van der Waals surface area contributed by atoms with Crippen LogP contribution >= 0.6 is 11.8 Å². The Morgan fingerprint density at radius 1 is 1.53 bits per heavy atom. The lowest BCUT2D eigenvalue weighted by Crippen LogP contribution is -2.02. The van der Waals surface area contributed by atoms with Crippen molar-refractivity contribution >= 4 is 17.7 Å². The van der Waals surface area contributed by atoms with Crippen molar-refractivity contribution in [3.8, 4) is 0 Å². The molecular weight excluding hydrogens is 243 g/mol. The van der Waals surface area contributed by atoms with Gasteiger partial charge in [-0.05, 0) is 17.7 Å². The zero-order chi connectivity index (χ0) is 12.3. The quantitative estimate of drug-likeness (QED) is 0.821. The molecule has 1 aromatic carbocycles. The van der Waals surface area contributed by atoms with Gasteiger partial charge in [-0.1, -0.05) is 17.8 Å². The SMILES string of the molecule is O=C(O)c1cc(F)ccc1CSc1ncc[nH]1. The van der Waals surface area contributed by atoms with Crippen LogP contribution in [0.2, 0.25) is 0 Å². The third kappa shape index (κ3) is 2.85. The predicted octanol–water partition coefficient (Wildman–Crippen LogP) is 2.54. The van der Waals surface area contributed by atoms with Crippen molar-refractivity contribution in [1.29, 1.82) is 0 Å². The van der Waals surface area contributed by atoms with Crippen molar-refractivity contribution in [2.24, 2.45) is 0 Å². The number of halogens is 1. The van der Waals surface area contributed by atoms with Crippen LogP contribution in [0.1, 0.15) is 15.9 Å². The van der Waals surface area contributed by atoms with E-state index in [0.29, 0.717) is 16.5 Å². The number of aromatic nitrogens is 2. The number of thioether (sulfide) groups is 1. The van der Waals surface area contributed by atoms with E-state index in [9.17, 15) is 9.18 Å². The minimum Gasteiger partial charge on any atom is -0.478 e. The van der Waals surface area contributed by atoms with E-state index in [2.05, 4.69) is 9.97 Å². The highest BCUT2D eigenvalue weighted by molar-refractivity contribution is 7.98. The standard InChI is InChI=1S/C11H9FN2O2S/c12-8-2-1-7(9(5-8)10(15)16)6-17-11-13-3-4-14-11/h1-5H,6H2,(H,13,14)(H,15,16). The molecule has 0 bridgehead atoms. The van der Waals surface area contributed by atoms with E-state index in [4.69, 9.17) is 5.11 Å². The topological polar surface area (TPSA) is 66.0 Å². The molecule has 1 heterocycles. The zero-order valence-electron chi connectivity index (χ0n) is 8.68. The third-order valence-corrected chi connectivity index (χ3v) is 3.09. The van der Waals surface area contributed by atoms with E-state index in [-0.39, 0.29) is 5.56 Å². The lowest BCUT2D eigenvalue weighted by atomic mass is 10.1. The summed E-state index contributed by atoms with van der Waals surface area (Å²) in [6, 6.07) is 3.76. The van der Waals surface area contributed by atoms with Gasteiger partial charge in [0.15, 0.2) is 5.16 Å². The molecule has 0 aliphatic carbocycles. The first-order valence-corrected chi connectivity index (χ1v) is 5.79. The molecule has 0 unspecified atom stereocenters. The van der Waals surface area contributed by atoms with Crippen molar-refractivity contribution in [3.63, 3.8) is 0 Å². The number of carboxylic acids is 1. The maximum Gasteiger partial charge on any atom is 0.336 e. The number of carboxylic acid groups (broad SMARTS) is 1. The van der Waals surface area contributed by atoms with Crippen LogP contribution in [-0.2, 0) is 5.75 Å². The largest absolute Gasteiger partial charge is 0.478 e. The molecule has 0 fully saturated rings. The first-order valence-electron chi connectivity index (χ1n) is 4.80. The number of imidazole rings is 1. The smallest absolute Gasteiger partial charge is 0.336 e. The Hall–Kier alpha value is -1.82. The number of aromatic carboxylic acids is 1. The Labute approximate surface area is 101 Å². The summed E-state index contributed by atoms with van der Waals surface area (Å²) in [4.78, 5) is 17.8. The molecule has 2 aromatic rings. The van der Waals surface area contributed by atoms with Crippen molar-refractivity contribution in [3.05, 3.63) is 47.5 Å². The summed E-state index contributed by atoms with van der Waals surface area (Å²) in [5, 5.41) is 9.65. The molecule has 0 spiro atoms. The molecule has 2 N–H and O–H groups in total. The molecule has 4 nitrogen and oxygen atoms in total. The maximum atomic E-state index is 12.9. The van der Waals surface area contributed by atoms with Crippen molar-refractivity contribution in [2.45, 2.75) is 10.9 Å². The van der Waals surface area contributed by atoms with Crippen LogP contribution in [0.4, 0.5) is 4.39 Å². The van der Waals surface area contributed by atoms with Gasteiger partial charge in [0.1, 0.15) is 5.82 Å². The molecule has 0 saturated carbocycles. The molecule has 0 radical (unpaired) electrons. The van der Waals surface area contributed by atoms with E-state index in [1.165, 1.54) is 23.9 Å². The summed E-state index contributed by atoms with van der Waals surface area (Å²) in [6.45, 7) is 0. The van der Waals surface area contributed by atoms with Crippen LogP contribution in [0, 0.1) is 5.82 Å². The van der Waals surface area contributed by atoms with Crippen molar-refractivity contribution in [2.75, 3.05) is 0 Å². The molecule has 1 aromatic heterocycles. The number of nitrogens with one attached hydrogen (secondary N) is 1. The number of hydrogen-bond acceptors (Lipinski definition) is 3. The number of carbonyl (C=O) groups is 1. The number of benzene rings is 1. The van der Waals surface area contributed by atoms with Gasteiger partial charge >= 0.3 is 5.97 Å². The van der Waals surface area contributed by atoms with Gasteiger partial charge in [-0.15, -0.1) is 0 Å². The van der Waals surface area contributed by atoms with E-state index in [1.54, 1.807) is 12.4 Å². The van der Waals surface area contributed by atoms with Gasteiger partial charge in [-0.2, -0.15) is 0 Å². The number of nitrogens with zero attached hydrogens (tertiary/aromatic N) is 1. The molecule has 0 saturated heterocycles. The third-order valence-electron chi connectivity index (χ3n) is 2.14. The van der Waals surface area contributed by atoms with E-state index in [1.807, 2.05) is 0 Å². The highest BCUT2D eigenvalue weighted by atomic mass is 32.2. The lowest BCUT2D eigenvalue weighted by molar-refractivity contribution is 0.0695. The van der Waals surface area contributed by atoms with Gasteiger partial charge in [0, 0.05) is 18.1 Å². The normalized spacial score (nSPS) is 10.4. The zero-order valence-corrected chi connectivity index (χ0v) is 9.50. The molecule has 2 rings (SSSR count). The molecule has 0 aliphatic heterocycles. The second-order valence-electron chi connectivity index (χ2n) is 3.29. The van der Waals surface area contributed by atoms with Gasteiger partial charge in [0.05, 0.1) is 5.56 Å². The van der Waals surface area contributed by atoms with Gasteiger partial charge < -0.3 is 10.1 Å². The monoisotopic (exact) mass is 252 g/mol.